The van der Waals surface area contributed by atoms with Crippen LogP contribution in [0.4, 0.5) is 8.78 Å². The molecule has 2 amide bonds. The van der Waals surface area contributed by atoms with Crippen molar-refractivity contribution < 1.29 is 18.4 Å². The van der Waals surface area contributed by atoms with Crippen LogP contribution in [-0.2, 0) is 29.0 Å². The lowest BCUT2D eigenvalue weighted by Crippen LogP contribution is -2.51. The van der Waals surface area contributed by atoms with Crippen molar-refractivity contribution in [2.75, 3.05) is 6.54 Å². The molecule has 3 aromatic rings. The molecule has 0 aliphatic heterocycles. The van der Waals surface area contributed by atoms with E-state index in [1.807, 2.05) is 37.3 Å². The third-order valence-corrected chi connectivity index (χ3v) is 5.19. The predicted molar refractivity (Wildman–Crippen MR) is 120 cm³/mol. The maximum atomic E-state index is 14.2. The van der Waals surface area contributed by atoms with Crippen LogP contribution >= 0.6 is 0 Å². The number of nitrogens with one attached hydrogen (secondary N) is 1. The van der Waals surface area contributed by atoms with Crippen LogP contribution in [0.15, 0.2) is 78.9 Å². The Morgan fingerprint density at radius 1 is 0.875 bits per heavy atom. The predicted octanol–water partition coefficient (Wildman–Crippen LogP) is 4.28. The molecule has 0 aliphatic carbocycles. The molecule has 0 aromatic heterocycles. The number of carbonyl (C=O) groups is 2. The number of likely N-dealkylation sites (N-methyl/N-ethyl adjacent to an activating group) is 1. The van der Waals surface area contributed by atoms with Gasteiger partial charge in [-0.05, 0) is 41.8 Å². The van der Waals surface area contributed by atoms with E-state index in [1.165, 1.54) is 23.1 Å². The highest BCUT2D eigenvalue weighted by Crippen LogP contribution is 2.18. The van der Waals surface area contributed by atoms with E-state index in [0.717, 1.165) is 5.56 Å². The Morgan fingerprint density at radius 2 is 1.53 bits per heavy atom. The van der Waals surface area contributed by atoms with Gasteiger partial charge in [0.2, 0.25) is 11.8 Å². The second kappa shape index (κ2) is 11.2. The highest BCUT2D eigenvalue weighted by Gasteiger charge is 2.30. The molecule has 0 spiro atoms. The SMILES string of the molecule is CCNC(=O)[C@@H](Cc1ccccc1)N(Cc1ccc(F)cc1)C(=O)Cc1ccccc1F. The fourth-order valence-electron chi connectivity index (χ4n) is 3.54. The van der Waals surface area contributed by atoms with Gasteiger partial charge in [-0.25, -0.2) is 8.78 Å². The molecule has 166 valence electrons. The third-order valence-electron chi connectivity index (χ3n) is 5.19. The van der Waals surface area contributed by atoms with Gasteiger partial charge in [0.1, 0.15) is 17.7 Å². The number of hydrogen-bond acceptors (Lipinski definition) is 2. The average molecular weight is 437 g/mol. The summed E-state index contributed by atoms with van der Waals surface area (Å²) in [7, 11) is 0. The van der Waals surface area contributed by atoms with Gasteiger partial charge in [-0.2, -0.15) is 0 Å². The van der Waals surface area contributed by atoms with Gasteiger partial charge in [0.15, 0.2) is 0 Å². The zero-order valence-corrected chi connectivity index (χ0v) is 17.9. The van der Waals surface area contributed by atoms with Crippen molar-refractivity contribution in [2.45, 2.75) is 32.4 Å². The zero-order valence-electron chi connectivity index (χ0n) is 17.9. The summed E-state index contributed by atoms with van der Waals surface area (Å²) >= 11 is 0. The Labute approximate surface area is 186 Å². The molecule has 0 bridgehead atoms. The molecule has 0 heterocycles. The third kappa shape index (κ3) is 6.23. The van der Waals surface area contributed by atoms with Gasteiger partial charge >= 0.3 is 0 Å². The molecule has 0 aliphatic rings. The van der Waals surface area contributed by atoms with Crippen molar-refractivity contribution >= 4 is 11.8 Å². The van der Waals surface area contributed by atoms with Gasteiger partial charge in [0.05, 0.1) is 6.42 Å². The lowest BCUT2D eigenvalue weighted by atomic mass is 10.0. The lowest BCUT2D eigenvalue weighted by molar-refractivity contribution is -0.140. The fourth-order valence-corrected chi connectivity index (χ4v) is 3.54. The largest absolute Gasteiger partial charge is 0.355 e. The quantitative estimate of drug-likeness (QED) is 0.544. The van der Waals surface area contributed by atoms with E-state index in [-0.39, 0.29) is 36.2 Å². The summed E-state index contributed by atoms with van der Waals surface area (Å²) in [4.78, 5) is 27.9. The smallest absolute Gasteiger partial charge is 0.243 e. The number of nitrogens with zero attached hydrogens (tertiary/aromatic N) is 1. The lowest BCUT2D eigenvalue weighted by Gasteiger charge is -2.31. The molecule has 4 nitrogen and oxygen atoms in total. The van der Waals surface area contributed by atoms with Crippen LogP contribution in [0.3, 0.4) is 0 Å². The summed E-state index contributed by atoms with van der Waals surface area (Å²) in [6.45, 7) is 2.32. The highest BCUT2D eigenvalue weighted by molar-refractivity contribution is 5.88. The molecule has 0 unspecified atom stereocenters. The molecule has 1 atom stereocenters. The van der Waals surface area contributed by atoms with Crippen molar-refractivity contribution in [1.82, 2.24) is 10.2 Å². The van der Waals surface area contributed by atoms with E-state index >= 15 is 0 Å². The second-order valence-electron chi connectivity index (χ2n) is 7.52. The first-order valence-corrected chi connectivity index (χ1v) is 10.6. The van der Waals surface area contributed by atoms with Crippen molar-refractivity contribution in [2.24, 2.45) is 0 Å². The second-order valence-corrected chi connectivity index (χ2v) is 7.52. The topological polar surface area (TPSA) is 49.4 Å². The molecule has 0 saturated carbocycles. The van der Waals surface area contributed by atoms with Crippen LogP contribution in [0, 0.1) is 11.6 Å². The van der Waals surface area contributed by atoms with E-state index < -0.39 is 11.9 Å². The van der Waals surface area contributed by atoms with Crippen molar-refractivity contribution in [3.05, 3.63) is 107 Å². The Kier molecular flexibility index (Phi) is 8.08. The van der Waals surface area contributed by atoms with Gasteiger partial charge in [0, 0.05) is 19.5 Å². The molecule has 3 aromatic carbocycles. The standard InChI is InChI=1S/C26H26F2N2O2/c1-2-29-26(32)24(16-19-8-4-3-5-9-19)30(18-20-12-14-22(27)15-13-20)25(31)17-21-10-6-7-11-23(21)28/h3-15,24H,2,16-18H2,1H3,(H,29,32)/t24-/m1/s1. The minimum atomic E-state index is -0.804. The van der Waals surface area contributed by atoms with Crippen LogP contribution in [0.5, 0.6) is 0 Å². The highest BCUT2D eigenvalue weighted by atomic mass is 19.1. The summed E-state index contributed by atoms with van der Waals surface area (Å²) in [6.07, 6.45) is 0.120. The number of amides is 2. The summed E-state index contributed by atoms with van der Waals surface area (Å²) in [5.74, 6) is -1.53. The van der Waals surface area contributed by atoms with Crippen LogP contribution in [-0.4, -0.2) is 29.3 Å². The van der Waals surface area contributed by atoms with Crippen molar-refractivity contribution in [1.29, 1.82) is 0 Å². The first-order chi connectivity index (χ1) is 15.5. The Balaban J connectivity index is 1.95. The Bertz CT molecular complexity index is 1040. The minimum Gasteiger partial charge on any atom is -0.355 e. The van der Waals surface area contributed by atoms with Gasteiger partial charge in [-0.3, -0.25) is 9.59 Å². The summed E-state index contributed by atoms with van der Waals surface area (Å²) in [6, 6.07) is 20.5. The average Bonchev–Trinajstić information content (AvgIpc) is 2.79. The van der Waals surface area contributed by atoms with Crippen molar-refractivity contribution in [3.63, 3.8) is 0 Å². The fraction of sp³-hybridized carbons (Fsp3) is 0.231. The molecular formula is C26H26F2N2O2. The number of benzene rings is 3. The molecule has 0 fully saturated rings. The summed E-state index contributed by atoms with van der Waals surface area (Å²) < 4.78 is 27.6. The number of rotatable bonds is 9. The molecule has 6 heteroatoms. The molecule has 0 saturated heterocycles. The van der Waals surface area contributed by atoms with Crippen molar-refractivity contribution in [3.8, 4) is 0 Å². The maximum Gasteiger partial charge on any atom is 0.243 e. The molecule has 32 heavy (non-hydrogen) atoms. The zero-order chi connectivity index (χ0) is 22.9. The van der Waals surface area contributed by atoms with Gasteiger partial charge in [-0.15, -0.1) is 0 Å². The van der Waals surface area contributed by atoms with Gasteiger partial charge < -0.3 is 10.2 Å². The number of hydrogen-bond donors (Lipinski definition) is 1. The summed E-state index contributed by atoms with van der Waals surface area (Å²) in [5.41, 5.74) is 1.83. The first-order valence-electron chi connectivity index (χ1n) is 10.6. The van der Waals surface area contributed by atoms with E-state index in [9.17, 15) is 18.4 Å². The summed E-state index contributed by atoms with van der Waals surface area (Å²) in [5, 5.41) is 2.80. The molecular weight excluding hydrogens is 410 g/mol. The number of halogens is 2. The normalized spacial score (nSPS) is 11.6. The van der Waals surface area contributed by atoms with E-state index in [0.29, 0.717) is 18.5 Å². The van der Waals surface area contributed by atoms with E-state index in [4.69, 9.17) is 0 Å². The van der Waals surface area contributed by atoms with E-state index in [1.54, 1.807) is 30.3 Å². The van der Waals surface area contributed by atoms with Gasteiger partial charge in [0.25, 0.3) is 0 Å². The molecule has 1 N–H and O–H groups in total. The van der Waals surface area contributed by atoms with E-state index in [2.05, 4.69) is 5.32 Å². The Morgan fingerprint density at radius 3 is 2.19 bits per heavy atom. The number of carbonyl (C=O) groups excluding carboxylic acids is 2. The van der Waals surface area contributed by atoms with Crippen LogP contribution in [0.25, 0.3) is 0 Å². The van der Waals surface area contributed by atoms with Crippen LogP contribution in [0.1, 0.15) is 23.6 Å². The first kappa shape index (κ1) is 23.1. The van der Waals surface area contributed by atoms with Crippen LogP contribution < -0.4 is 5.32 Å². The Hall–Kier alpha value is -3.54. The minimum absolute atomic E-state index is 0.0994. The van der Waals surface area contributed by atoms with Gasteiger partial charge in [-0.1, -0.05) is 60.7 Å². The van der Waals surface area contributed by atoms with Crippen LogP contribution in [0.2, 0.25) is 0 Å². The molecule has 0 radical (unpaired) electrons. The molecule has 3 rings (SSSR count). The monoisotopic (exact) mass is 436 g/mol. The maximum absolute atomic E-state index is 14.2.